The van der Waals surface area contributed by atoms with Crippen LogP contribution in [0.4, 0.5) is 0 Å². The molecule has 4 nitrogen and oxygen atoms in total. The van der Waals surface area contributed by atoms with E-state index in [0.29, 0.717) is 12.2 Å². The summed E-state index contributed by atoms with van der Waals surface area (Å²) in [4.78, 5) is 14.6. The van der Waals surface area contributed by atoms with Crippen LogP contribution in [0.2, 0.25) is 0 Å². The van der Waals surface area contributed by atoms with Crippen molar-refractivity contribution in [1.82, 2.24) is 4.98 Å². The Morgan fingerprint density at radius 2 is 2.50 bits per heavy atom. The highest BCUT2D eigenvalue weighted by atomic mass is 16.5. The third-order valence-electron chi connectivity index (χ3n) is 1.26. The molecule has 0 radical (unpaired) electrons. The molecule has 0 unspecified atom stereocenters. The Kier molecular flexibility index (Phi) is 2.63. The van der Waals surface area contributed by atoms with Gasteiger partial charge in [-0.3, -0.25) is 0 Å². The Morgan fingerprint density at radius 3 is 3.08 bits per heavy atom. The summed E-state index contributed by atoms with van der Waals surface area (Å²) in [5.74, 6) is -0.629. The van der Waals surface area contributed by atoms with E-state index in [9.17, 15) is 4.79 Å². The summed E-state index contributed by atoms with van der Waals surface area (Å²) in [6.07, 6.45) is 1.35. The summed E-state index contributed by atoms with van der Waals surface area (Å²) < 4.78 is 4.71. The standard InChI is InChI=1S/C8H9NO3/c1-2-12-8(11)6-3-4-9-7(10)5-6/h3-5H,2H2,1H3,(H,9,10). The van der Waals surface area contributed by atoms with E-state index in [2.05, 4.69) is 4.98 Å². The third kappa shape index (κ3) is 1.95. The van der Waals surface area contributed by atoms with Crippen molar-refractivity contribution in [1.29, 1.82) is 0 Å². The first-order valence-corrected chi connectivity index (χ1v) is 3.56. The van der Waals surface area contributed by atoms with Gasteiger partial charge in [-0.15, -0.1) is 0 Å². The van der Waals surface area contributed by atoms with Crippen LogP contribution in [0.15, 0.2) is 18.3 Å². The molecule has 0 amide bonds. The molecule has 0 aromatic carbocycles. The minimum atomic E-state index is -0.449. The Hall–Kier alpha value is -1.58. The van der Waals surface area contributed by atoms with Gasteiger partial charge in [-0.05, 0) is 13.0 Å². The number of pyridine rings is 1. The number of carbonyl (C=O) groups excluding carboxylic acids is 1. The molecular weight excluding hydrogens is 158 g/mol. The molecule has 0 saturated carbocycles. The van der Waals surface area contributed by atoms with E-state index in [1.54, 1.807) is 6.92 Å². The van der Waals surface area contributed by atoms with Crippen LogP contribution in [0.3, 0.4) is 0 Å². The van der Waals surface area contributed by atoms with Crippen LogP contribution in [0.1, 0.15) is 17.3 Å². The van der Waals surface area contributed by atoms with Gasteiger partial charge in [0.25, 0.3) is 0 Å². The van der Waals surface area contributed by atoms with E-state index in [1.165, 1.54) is 18.3 Å². The van der Waals surface area contributed by atoms with E-state index >= 15 is 0 Å². The van der Waals surface area contributed by atoms with Gasteiger partial charge in [0.1, 0.15) is 0 Å². The van der Waals surface area contributed by atoms with Gasteiger partial charge in [0, 0.05) is 12.3 Å². The molecule has 1 aromatic heterocycles. The molecule has 0 aliphatic carbocycles. The first-order chi connectivity index (χ1) is 5.74. The number of hydrogen-bond donors (Lipinski definition) is 1. The zero-order valence-corrected chi connectivity index (χ0v) is 6.65. The monoisotopic (exact) mass is 167 g/mol. The van der Waals surface area contributed by atoms with Crippen molar-refractivity contribution >= 4 is 5.97 Å². The van der Waals surface area contributed by atoms with E-state index in [-0.39, 0.29) is 5.88 Å². The van der Waals surface area contributed by atoms with Gasteiger partial charge in [-0.1, -0.05) is 0 Å². The topological polar surface area (TPSA) is 59.4 Å². The Bertz CT molecular complexity index is 285. The van der Waals surface area contributed by atoms with Gasteiger partial charge >= 0.3 is 5.97 Å². The number of carbonyl (C=O) groups is 1. The second-order valence-corrected chi connectivity index (χ2v) is 2.12. The molecule has 1 N–H and O–H groups in total. The average molecular weight is 167 g/mol. The predicted molar refractivity (Wildman–Crippen MR) is 41.9 cm³/mol. The lowest BCUT2D eigenvalue weighted by Crippen LogP contribution is -2.04. The molecule has 0 fully saturated rings. The smallest absolute Gasteiger partial charge is 0.338 e. The van der Waals surface area contributed by atoms with Crippen LogP contribution < -0.4 is 0 Å². The van der Waals surface area contributed by atoms with Crippen LogP contribution in [-0.2, 0) is 4.74 Å². The largest absolute Gasteiger partial charge is 0.493 e. The first kappa shape index (κ1) is 8.52. The maximum atomic E-state index is 11.0. The zero-order chi connectivity index (χ0) is 8.97. The Morgan fingerprint density at radius 1 is 1.75 bits per heavy atom. The summed E-state index contributed by atoms with van der Waals surface area (Å²) in [6.45, 7) is 2.04. The second-order valence-electron chi connectivity index (χ2n) is 2.12. The third-order valence-corrected chi connectivity index (χ3v) is 1.26. The number of rotatable bonds is 2. The van der Waals surface area contributed by atoms with E-state index in [1.807, 2.05) is 0 Å². The zero-order valence-electron chi connectivity index (χ0n) is 6.65. The van der Waals surface area contributed by atoms with Gasteiger partial charge in [0.05, 0.1) is 12.2 Å². The summed E-state index contributed by atoms with van der Waals surface area (Å²) >= 11 is 0. The summed E-state index contributed by atoms with van der Waals surface area (Å²) in [5.41, 5.74) is 0.310. The molecule has 0 aliphatic heterocycles. The van der Waals surface area contributed by atoms with E-state index < -0.39 is 5.97 Å². The first-order valence-electron chi connectivity index (χ1n) is 3.56. The van der Waals surface area contributed by atoms with Crippen molar-refractivity contribution < 1.29 is 14.6 Å². The molecule has 1 rings (SSSR count). The fourth-order valence-corrected chi connectivity index (χ4v) is 0.760. The van der Waals surface area contributed by atoms with Crippen LogP contribution in [0.5, 0.6) is 5.88 Å². The highest BCUT2D eigenvalue weighted by molar-refractivity contribution is 5.89. The van der Waals surface area contributed by atoms with Crippen molar-refractivity contribution in [3.63, 3.8) is 0 Å². The maximum Gasteiger partial charge on any atom is 0.338 e. The van der Waals surface area contributed by atoms with Crippen LogP contribution in [0, 0.1) is 0 Å². The predicted octanol–water partition coefficient (Wildman–Crippen LogP) is 0.964. The lowest BCUT2D eigenvalue weighted by Gasteiger charge is -2.00. The van der Waals surface area contributed by atoms with Gasteiger partial charge in [0.15, 0.2) is 0 Å². The molecular formula is C8H9NO3. The van der Waals surface area contributed by atoms with Crippen molar-refractivity contribution in [2.75, 3.05) is 6.61 Å². The molecule has 0 bridgehead atoms. The highest BCUT2D eigenvalue weighted by Gasteiger charge is 2.05. The van der Waals surface area contributed by atoms with Crippen molar-refractivity contribution in [3.05, 3.63) is 23.9 Å². The summed E-state index contributed by atoms with van der Waals surface area (Å²) in [6, 6.07) is 2.75. The minimum Gasteiger partial charge on any atom is -0.493 e. The van der Waals surface area contributed by atoms with Crippen LogP contribution >= 0.6 is 0 Å². The average Bonchev–Trinajstić information content (AvgIpc) is 2.05. The van der Waals surface area contributed by atoms with Crippen molar-refractivity contribution in [2.45, 2.75) is 6.92 Å². The molecule has 12 heavy (non-hydrogen) atoms. The molecule has 0 atom stereocenters. The summed E-state index contributed by atoms with van der Waals surface area (Å²) in [5, 5.41) is 8.91. The van der Waals surface area contributed by atoms with Gasteiger partial charge in [-0.25, -0.2) is 9.78 Å². The van der Waals surface area contributed by atoms with Crippen molar-refractivity contribution in [3.8, 4) is 5.88 Å². The van der Waals surface area contributed by atoms with Gasteiger partial charge < -0.3 is 9.84 Å². The number of hydrogen-bond acceptors (Lipinski definition) is 4. The molecule has 1 aromatic rings. The quantitative estimate of drug-likeness (QED) is 0.666. The normalized spacial score (nSPS) is 9.42. The van der Waals surface area contributed by atoms with Crippen LogP contribution in [0.25, 0.3) is 0 Å². The molecule has 64 valence electrons. The number of nitrogens with zero attached hydrogens (tertiary/aromatic N) is 1. The van der Waals surface area contributed by atoms with E-state index in [0.717, 1.165) is 0 Å². The Labute approximate surface area is 69.8 Å². The molecule has 0 aliphatic rings. The lowest BCUT2D eigenvalue weighted by atomic mass is 10.3. The van der Waals surface area contributed by atoms with Crippen molar-refractivity contribution in [2.24, 2.45) is 0 Å². The maximum absolute atomic E-state index is 11.0. The second kappa shape index (κ2) is 3.71. The number of esters is 1. The number of aromatic hydroxyl groups is 1. The van der Waals surface area contributed by atoms with Crippen LogP contribution in [-0.4, -0.2) is 22.7 Å². The SMILES string of the molecule is CCOC(=O)c1ccnc(O)c1. The molecule has 0 saturated heterocycles. The molecule has 0 spiro atoms. The van der Waals surface area contributed by atoms with E-state index in [4.69, 9.17) is 9.84 Å². The number of ether oxygens (including phenoxy) is 1. The fraction of sp³-hybridized carbons (Fsp3) is 0.250. The molecule has 1 heterocycles. The minimum absolute atomic E-state index is 0.180. The summed E-state index contributed by atoms with van der Waals surface area (Å²) in [7, 11) is 0. The molecule has 4 heteroatoms. The number of aromatic nitrogens is 1. The Balaban J connectivity index is 2.81. The highest BCUT2D eigenvalue weighted by Crippen LogP contribution is 2.07. The lowest BCUT2D eigenvalue weighted by molar-refractivity contribution is 0.0525. The van der Waals surface area contributed by atoms with Gasteiger partial charge in [0.2, 0.25) is 5.88 Å². The fourth-order valence-electron chi connectivity index (χ4n) is 0.760. The van der Waals surface area contributed by atoms with Gasteiger partial charge in [-0.2, -0.15) is 0 Å².